The average Bonchev–Trinajstić information content (AvgIpc) is 2.52. The van der Waals surface area contributed by atoms with Crippen LogP contribution in [0.25, 0.3) is 0 Å². The number of rotatable bonds is 5. The van der Waals surface area contributed by atoms with Crippen molar-refractivity contribution >= 4 is 27.5 Å². The van der Waals surface area contributed by atoms with Gasteiger partial charge < -0.3 is 5.73 Å². The first-order valence-corrected chi connectivity index (χ1v) is 10.2. The second kappa shape index (κ2) is 7.32. The Morgan fingerprint density at radius 1 is 1.15 bits per heavy atom. The maximum Gasteiger partial charge on any atom is 0.416 e. The number of amides is 1. The number of alkyl halides is 3. The van der Waals surface area contributed by atoms with Gasteiger partial charge in [0, 0.05) is 21.6 Å². The molecule has 26 heavy (non-hydrogen) atoms. The van der Waals surface area contributed by atoms with Gasteiger partial charge in [0.1, 0.15) is 0 Å². The number of halogens is 3. The molecule has 0 aliphatic carbocycles. The van der Waals surface area contributed by atoms with Gasteiger partial charge in [-0.3, -0.25) is 4.79 Å². The van der Waals surface area contributed by atoms with Crippen molar-refractivity contribution in [2.75, 3.05) is 6.26 Å². The topological polar surface area (TPSA) is 77.2 Å². The van der Waals surface area contributed by atoms with E-state index in [1.54, 1.807) is 13.0 Å². The van der Waals surface area contributed by atoms with Crippen LogP contribution in [0, 0.1) is 0 Å². The third kappa shape index (κ3) is 4.59. The lowest BCUT2D eigenvalue weighted by Crippen LogP contribution is -2.15. The van der Waals surface area contributed by atoms with Crippen LogP contribution in [0.4, 0.5) is 13.2 Å². The van der Waals surface area contributed by atoms with E-state index in [0.29, 0.717) is 21.8 Å². The molecule has 0 saturated heterocycles. The summed E-state index contributed by atoms with van der Waals surface area (Å²) in [5.74, 6) is -0.738. The molecule has 0 bridgehead atoms. The number of carbonyl (C=O) groups excluding carboxylic acids is 1. The van der Waals surface area contributed by atoms with Crippen molar-refractivity contribution in [2.24, 2.45) is 5.73 Å². The zero-order valence-corrected chi connectivity index (χ0v) is 15.6. The molecule has 4 nitrogen and oxygen atoms in total. The molecule has 0 spiro atoms. The van der Waals surface area contributed by atoms with Gasteiger partial charge in [0.05, 0.1) is 10.5 Å². The summed E-state index contributed by atoms with van der Waals surface area (Å²) in [6.45, 7) is 1.79. The van der Waals surface area contributed by atoms with Crippen molar-refractivity contribution in [3.63, 3.8) is 0 Å². The molecular formula is C17H16F3NO3S2. The highest BCUT2D eigenvalue weighted by molar-refractivity contribution is 8.00. The van der Waals surface area contributed by atoms with Crippen LogP contribution in [0.5, 0.6) is 0 Å². The van der Waals surface area contributed by atoms with E-state index < -0.39 is 27.5 Å². The number of hydrogen-bond donors (Lipinski definition) is 1. The van der Waals surface area contributed by atoms with Gasteiger partial charge in [-0.25, -0.2) is 8.42 Å². The fourth-order valence-corrected chi connectivity index (χ4v) is 4.55. The molecule has 140 valence electrons. The van der Waals surface area contributed by atoms with Crippen molar-refractivity contribution in [1.82, 2.24) is 0 Å². The molecule has 2 rings (SSSR count). The highest BCUT2D eigenvalue weighted by Gasteiger charge is 2.30. The molecule has 2 aromatic rings. The second-order valence-electron chi connectivity index (χ2n) is 5.57. The number of benzene rings is 2. The van der Waals surface area contributed by atoms with Crippen molar-refractivity contribution < 1.29 is 26.4 Å². The van der Waals surface area contributed by atoms with Crippen LogP contribution in [0.1, 0.15) is 28.4 Å². The Bertz CT molecular complexity index is 937. The van der Waals surface area contributed by atoms with Crippen LogP contribution in [-0.2, 0) is 22.4 Å². The number of nitrogens with two attached hydrogens (primary N) is 1. The van der Waals surface area contributed by atoms with Crippen LogP contribution < -0.4 is 5.73 Å². The lowest BCUT2D eigenvalue weighted by Gasteiger charge is -2.13. The number of sulfone groups is 1. The molecule has 0 atom stereocenters. The highest BCUT2D eigenvalue weighted by Crippen LogP contribution is 2.37. The van der Waals surface area contributed by atoms with Gasteiger partial charge in [0.2, 0.25) is 5.91 Å². The Balaban J connectivity index is 2.53. The van der Waals surface area contributed by atoms with Crippen LogP contribution in [0.2, 0.25) is 0 Å². The maximum atomic E-state index is 12.7. The predicted molar refractivity (Wildman–Crippen MR) is 93.0 cm³/mol. The van der Waals surface area contributed by atoms with Crippen molar-refractivity contribution in [1.29, 1.82) is 0 Å². The second-order valence-corrected chi connectivity index (χ2v) is 8.67. The first kappa shape index (κ1) is 20.3. The van der Waals surface area contributed by atoms with Gasteiger partial charge in [0.15, 0.2) is 9.84 Å². The van der Waals surface area contributed by atoms with E-state index in [4.69, 9.17) is 5.73 Å². The maximum absolute atomic E-state index is 12.7. The van der Waals surface area contributed by atoms with Gasteiger partial charge in [-0.1, -0.05) is 18.7 Å². The number of primary amides is 1. The molecule has 1 amide bonds. The van der Waals surface area contributed by atoms with E-state index in [0.717, 1.165) is 30.2 Å². The Labute approximate surface area is 153 Å². The first-order valence-electron chi connectivity index (χ1n) is 7.45. The van der Waals surface area contributed by atoms with Crippen molar-refractivity contribution in [3.05, 3.63) is 53.1 Å². The lowest BCUT2D eigenvalue weighted by molar-refractivity contribution is -0.137. The third-order valence-electron chi connectivity index (χ3n) is 3.62. The Morgan fingerprint density at radius 3 is 2.15 bits per heavy atom. The summed E-state index contributed by atoms with van der Waals surface area (Å²) in [4.78, 5) is 12.3. The summed E-state index contributed by atoms with van der Waals surface area (Å²) >= 11 is 1.01. The van der Waals surface area contributed by atoms with E-state index in [1.165, 1.54) is 18.2 Å². The van der Waals surface area contributed by atoms with Gasteiger partial charge >= 0.3 is 6.18 Å². The van der Waals surface area contributed by atoms with Crippen molar-refractivity contribution in [2.45, 2.75) is 34.2 Å². The summed E-state index contributed by atoms with van der Waals surface area (Å²) in [5.41, 5.74) is 5.21. The molecule has 0 radical (unpaired) electrons. The molecule has 0 aliphatic heterocycles. The largest absolute Gasteiger partial charge is 0.416 e. The molecule has 2 aromatic carbocycles. The summed E-state index contributed by atoms with van der Waals surface area (Å²) in [7, 11) is -3.67. The first-order chi connectivity index (χ1) is 11.9. The Morgan fingerprint density at radius 2 is 1.73 bits per heavy atom. The Kier molecular flexibility index (Phi) is 5.72. The number of aryl methyl sites for hydroxylation is 1. The minimum atomic E-state index is -4.44. The fourth-order valence-electron chi connectivity index (χ4n) is 2.33. The molecular weight excluding hydrogens is 387 g/mol. The molecule has 0 unspecified atom stereocenters. The summed E-state index contributed by atoms with van der Waals surface area (Å²) in [5, 5.41) is 0. The van der Waals surface area contributed by atoms with Gasteiger partial charge in [-0.15, -0.1) is 0 Å². The molecule has 0 fully saturated rings. The Hall–Kier alpha value is -2.00. The lowest BCUT2D eigenvalue weighted by atomic mass is 10.1. The minimum Gasteiger partial charge on any atom is -0.366 e. The predicted octanol–water partition coefficient (Wildman–Crippen LogP) is 3.92. The van der Waals surface area contributed by atoms with E-state index in [2.05, 4.69) is 0 Å². The third-order valence-corrected chi connectivity index (χ3v) is 5.96. The smallest absolute Gasteiger partial charge is 0.366 e. The summed E-state index contributed by atoms with van der Waals surface area (Å²) in [6.07, 6.45) is -3.00. The van der Waals surface area contributed by atoms with E-state index in [9.17, 15) is 26.4 Å². The van der Waals surface area contributed by atoms with Crippen LogP contribution in [0.3, 0.4) is 0 Å². The summed E-state index contributed by atoms with van der Waals surface area (Å²) < 4.78 is 62.1. The monoisotopic (exact) mass is 403 g/mol. The average molecular weight is 403 g/mol. The van der Waals surface area contributed by atoms with Gasteiger partial charge in [0.25, 0.3) is 0 Å². The van der Waals surface area contributed by atoms with E-state index >= 15 is 0 Å². The minimum absolute atomic E-state index is 0.0894. The van der Waals surface area contributed by atoms with Crippen LogP contribution in [0.15, 0.2) is 51.1 Å². The van der Waals surface area contributed by atoms with E-state index in [1.807, 2.05) is 0 Å². The quantitative estimate of drug-likeness (QED) is 0.821. The standard InChI is InChI=1S/C17H16F3NO3S2/c1-3-10-8-14(15(26(2,23)24)9-13(10)16(21)22)25-12-6-4-11(5-7-12)17(18,19)20/h4-9H,3H2,1-2H3,(H2,21,22). The highest BCUT2D eigenvalue weighted by atomic mass is 32.2. The molecule has 2 N–H and O–H groups in total. The van der Waals surface area contributed by atoms with E-state index in [-0.39, 0.29) is 10.5 Å². The molecule has 0 saturated carbocycles. The SMILES string of the molecule is CCc1cc(Sc2ccc(C(F)(F)F)cc2)c(S(C)(=O)=O)cc1C(N)=O. The van der Waals surface area contributed by atoms with Crippen LogP contribution in [-0.4, -0.2) is 20.6 Å². The fraction of sp³-hybridized carbons (Fsp3) is 0.235. The van der Waals surface area contributed by atoms with Crippen LogP contribution >= 0.6 is 11.8 Å². The van der Waals surface area contributed by atoms with Gasteiger partial charge in [-0.2, -0.15) is 13.2 Å². The normalized spacial score (nSPS) is 12.2. The molecule has 0 heterocycles. The zero-order valence-electron chi connectivity index (χ0n) is 13.9. The number of hydrogen-bond acceptors (Lipinski definition) is 4. The van der Waals surface area contributed by atoms with Gasteiger partial charge in [-0.05, 0) is 48.4 Å². The molecule has 0 aliphatic rings. The number of carbonyl (C=O) groups is 1. The molecule has 0 aromatic heterocycles. The molecule has 9 heteroatoms. The summed E-state index contributed by atoms with van der Waals surface area (Å²) in [6, 6.07) is 7.17. The zero-order chi connectivity index (χ0) is 19.7. The van der Waals surface area contributed by atoms with Crippen molar-refractivity contribution in [3.8, 4) is 0 Å².